The number of H-pyrrole nitrogens is 1. The molecule has 0 bridgehead atoms. The van der Waals surface area contributed by atoms with Crippen LogP contribution < -0.4 is 27.2 Å². The average Bonchev–Trinajstić information content (AvgIpc) is 2.75. The van der Waals surface area contributed by atoms with Crippen molar-refractivity contribution in [2.75, 3.05) is 12.3 Å². The summed E-state index contributed by atoms with van der Waals surface area (Å²) in [7, 11) is 0. The number of nitrogens with two attached hydrogens (primary N) is 1. The minimum atomic E-state index is -1.39. The van der Waals surface area contributed by atoms with Gasteiger partial charge in [0.1, 0.15) is 6.04 Å². The van der Waals surface area contributed by atoms with Crippen molar-refractivity contribution in [2.24, 2.45) is 5.92 Å². The number of carbonyl (C=O) groups excluding carboxylic acids is 1. The standard InChI is InChI=1S/C18H20N8O6/c19-17-25-13-12(15(28)26-17)23-10(6-21-13)5-20-9-3-1-8(2-4-9)14(27)24-11(16(29)30)7-22-18(31)32/h1,3-4,6,8,11,20,22H,2,5,7H2,(H,24,27)(H,29,30)(H,31,32)(H3,19,21,25,26,28). The summed E-state index contributed by atoms with van der Waals surface area (Å²) in [6.45, 7) is -0.199. The molecule has 2 heterocycles. The van der Waals surface area contributed by atoms with E-state index in [1.54, 1.807) is 18.2 Å². The smallest absolute Gasteiger partial charge is 0.404 e. The number of rotatable bonds is 8. The summed E-state index contributed by atoms with van der Waals surface area (Å²) in [5.41, 5.74) is 6.36. The van der Waals surface area contributed by atoms with E-state index in [0.29, 0.717) is 17.8 Å². The van der Waals surface area contributed by atoms with E-state index in [-0.39, 0.29) is 23.7 Å². The Morgan fingerprint density at radius 1 is 1.28 bits per heavy atom. The highest BCUT2D eigenvalue weighted by Gasteiger charge is 2.25. The van der Waals surface area contributed by atoms with Gasteiger partial charge in [-0.1, -0.05) is 12.2 Å². The maximum atomic E-state index is 12.3. The van der Waals surface area contributed by atoms with Crippen LogP contribution in [0.2, 0.25) is 0 Å². The molecule has 14 nitrogen and oxygen atoms in total. The highest BCUT2D eigenvalue weighted by molar-refractivity contribution is 5.86. The van der Waals surface area contributed by atoms with Crippen LogP contribution >= 0.6 is 0 Å². The molecule has 2 aromatic rings. The van der Waals surface area contributed by atoms with Crippen molar-refractivity contribution in [3.05, 3.63) is 46.2 Å². The lowest BCUT2D eigenvalue weighted by Gasteiger charge is -2.20. The molecular weight excluding hydrogens is 424 g/mol. The number of hydrogen-bond donors (Lipinski definition) is 7. The summed E-state index contributed by atoms with van der Waals surface area (Å²) in [5.74, 6) is -2.55. The lowest BCUT2D eigenvalue weighted by molar-refractivity contribution is -0.142. The molecule has 0 aliphatic heterocycles. The first kappa shape index (κ1) is 22.2. The number of anilines is 1. The van der Waals surface area contributed by atoms with Crippen LogP contribution in [0.4, 0.5) is 10.7 Å². The molecule has 3 rings (SSSR count). The normalized spacial score (nSPS) is 16.1. The van der Waals surface area contributed by atoms with Gasteiger partial charge in [-0.3, -0.25) is 14.6 Å². The molecule has 1 aliphatic rings. The molecule has 2 unspecified atom stereocenters. The highest BCUT2D eigenvalue weighted by atomic mass is 16.4. The zero-order valence-corrected chi connectivity index (χ0v) is 16.5. The second kappa shape index (κ2) is 9.55. The molecule has 0 saturated carbocycles. The summed E-state index contributed by atoms with van der Waals surface area (Å²) in [6.07, 6.45) is 5.38. The maximum Gasteiger partial charge on any atom is 0.404 e. The number of fused-ring (bicyclic) bond motifs is 1. The quantitative estimate of drug-likeness (QED) is 0.253. The van der Waals surface area contributed by atoms with Gasteiger partial charge >= 0.3 is 12.1 Å². The molecule has 0 saturated heterocycles. The van der Waals surface area contributed by atoms with Crippen molar-refractivity contribution in [1.29, 1.82) is 0 Å². The van der Waals surface area contributed by atoms with E-state index in [9.17, 15) is 19.2 Å². The number of nitrogens with one attached hydrogen (secondary N) is 4. The van der Waals surface area contributed by atoms with E-state index in [4.69, 9.17) is 15.9 Å². The van der Waals surface area contributed by atoms with Gasteiger partial charge in [-0.2, -0.15) is 4.98 Å². The minimum Gasteiger partial charge on any atom is -0.480 e. The Bertz CT molecular complexity index is 1170. The van der Waals surface area contributed by atoms with Gasteiger partial charge in [-0.05, 0) is 12.5 Å². The predicted molar refractivity (Wildman–Crippen MR) is 110 cm³/mol. The lowest BCUT2D eigenvalue weighted by atomic mass is 9.98. The number of aliphatic carboxylic acids is 1. The highest BCUT2D eigenvalue weighted by Crippen LogP contribution is 2.16. The van der Waals surface area contributed by atoms with Gasteiger partial charge in [0.05, 0.1) is 30.9 Å². The summed E-state index contributed by atoms with van der Waals surface area (Å²) in [4.78, 5) is 60.5. The summed E-state index contributed by atoms with van der Waals surface area (Å²) in [6, 6.07) is -1.38. The van der Waals surface area contributed by atoms with Crippen LogP contribution in [0.1, 0.15) is 12.1 Å². The molecule has 2 aromatic heterocycles. The molecule has 8 N–H and O–H groups in total. The molecule has 14 heteroatoms. The SMILES string of the molecule is Nc1nc2ncc(CNC3=CCC(C(=O)NC(CNC(=O)O)C(=O)O)C=C3)nc2c(=O)[nH]1. The number of carboxylic acids is 1. The van der Waals surface area contributed by atoms with Gasteiger partial charge in [0.2, 0.25) is 11.9 Å². The largest absolute Gasteiger partial charge is 0.480 e. The van der Waals surface area contributed by atoms with Crippen molar-refractivity contribution >= 4 is 35.1 Å². The number of nitrogens with zero attached hydrogens (tertiary/aromatic N) is 3. The molecular formula is C18H20N8O6. The first-order valence-electron chi connectivity index (χ1n) is 9.36. The average molecular weight is 444 g/mol. The Kier molecular flexibility index (Phi) is 6.62. The van der Waals surface area contributed by atoms with Gasteiger partial charge in [0.25, 0.3) is 5.56 Å². The lowest BCUT2D eigenvalue weighted by Crippen LogP contribution is -2.49. The zero-order chi connectivity index (χ0) is 23.3. The Morgan fingerprint density at radius 2 is 2.06 bits per heavy atom. The van der Waals surface area contributed by atoms with Crippen LogP contribution in [-0.2, 0) is 16.1 Å². The molecule has 32 heavy (non-hydrogen) atoms. The van der Waals surface area contributed by atoms with E-state index in [2.05, 4.69) is 30.6 Å². The predicted octanol–water partition coefficient (Wildman–Crippen LogP) is -1.32. The minimum absolute atomic E-state index is 0.0495. The van der Waals surface area contributed by atoms with Gasteiger partial charge < -0.3 is 31.9 Å². The number of hydrogen-bond acceptors (Lipinski definition) is 9. The van der Waals surface area contributed by atoms with Crippen LogP contribution in [0.15, 0.2) is 34.9 Å². The monoisotopic (exact) mass is 444 g/mol. The van der Waals surface area contributed by atoms with Gasteiger partial charge in [0.15, 0.2) is 11.2 Å². The van der Waals surface area contributed by atoms with E-state index < -0.39 is 42.0 Å². The van der Waals surface area contributed by atoms with Crippen LogP contribution in [-0.4, -0.2) is 60.7 Å². The van der Waals surface area contributed by atoms with E-state index in [1.807, 2.05) is 5.32 Å². The van der Waals surface area contributed by atoms with Crippen LogP contribution in [0.25, 0.3) is 11.2 Å². The maximum absolute atomic E-state index is 12.3. The Hall–Kier alpha value is -4.49. The second-order valence-electron chi connectivity index (χ2n) is 6.78. The van der Waals surface area contributed by atoms with Crippen molar-refractivity contribution < 1.29 is 24.6 Å². The van der Waals surface area contributed by atoms with Gasteiger partial charge in [-0.15, -0.1) is 0 Å². The van der Waals surface area contributed by atoms with Crippen LogP contribution in [0.3, 0.4) is 0 Å². The fourth-order valence-electron chi connectivity index (χ4n) is 2.86. The third kappa shape index (κ3) is 5.56. The number of aromatic nitrogens is 4. The third-order valence-corrected chi connectivity index (χ3v) is 4.47. The number of nitrogen functional groups attached to an aromatic ring is 1. The summed E-state index contributed by atoms with van der Waals surface area (Å²) in [5, 5.41) is 25.0. The fourth-order valence-corrected chi connectivity index (χ4v) is 2.86. The van der Waals surface area contributed by atoms with E-state index >= 15 is 0 Å². The van der Waals surface area contributed by atoms with Crippen LogP contribution in [0.5, 0.6) is 0 Å². The number of aromatic amines is 1. The number of carbonyl (C=O) groups is 3. The second-order valence-corrected chi connectivity index (χ2v) is 6.78. The number of amides is 2. The fraction of sp³-hybridized carbons (Fsp3) is 0.278. The van der Waals surface area contributed by atoms with Crippen LogP contribution in [0, 0.1) is 5.92 Å². The first-order valence-corrected chi connectivity index (χ1v) is 9.36. The summed E-state index contributed by atoms with van der Waals surface area (Å²) >= 11 is 0. The molecule has 1 aliphatic carbocycles. The molecule has 2 amide bonds. The first-order chi connectivity index (χ1) is 15.2. The van der Waals surface area contributed by atoms with Gasteiger partial charge in [0, 0.05) is 5.70 Å². The van der Waals surface area contributed by atoms with Gasteiger partial charge in [-0.25, -0.2) is 19.6 Å². The Morgan fingerprint density at radius 3 is 2.72 bits per heavy atom. The van der Waals surface area contributed by atoms with Crippen molar-refractivity contribution in [3.63, 3.8) is 0 Å². The Balaban J connectivity index is 1.55. The van der Waals surface area contributed by atoms with Crippen molar-refractivity contribution in [3.8, 4) is 0 Å². The van der Waals surface area contributed by atoms with E-state index in [1.165, 1.54) is 6.20 Å². The van der Waals surface area contributed by atoms with Crippen molar-refractivity contribution in [1.82, 2.24) is 35.9 Å². The number of carboxylic acid groups (broad SMARTS) is 2. The van der Waals surface area contributed by atoms with E-state index in [0.717, 1.165) is 0 Å². The third-order valence-electron chi connectivity index (χ3n) is 4.47. The molecule has 0 spiro atoms. The molecule has 0 fully saturated rings. The molecule has 0 radical (unpaired) electrons. The molecule has 168 valence electrons. The molecule has 0 aromatic carbocycles. The Labute approximate surface area is 179 Å². The van der Waals surface area contributed by atoms with Crippen molar-refractivity contribution in [2.45, 2.75) is 19.0 Å². The summed E-state index contributed by atoms with van der Waals surface area (Å²) < 4.78 is 0. The molecule has 2 atom stereocenters. The number of allylic oxidation sites excluding steroid dienone is 2. The zero-order valence-electron chi connectivity index (χ0n) is 16.5. The topological polar surface area (TPSA) is 225 Å².